The minimum atomic E-state index is -0.911. The highest BCUT2D eigenvalue weighted by Crippen LogP contribution is 2.39. The van der Waals surface area contributed by atoms with Crippen molar-refractivity contribution in [2.24, 2.45) is 0 Å². The highest BCUT2D eigenvalue weighted by molar-refractivity contribution is 5.98. The van der Waals surface area contributed by atoms with Gasteiger partial charge in [0.2, 0.25) is 11.8 Å². The van der Waals surface area contributed by atoms with Crippen molar-refractivity contribution in [3.63, 3.8) is 0 Å². The first-order valence-corrected chi connectivity index (χ1v) is 14.1. The lowest BCUT2D eigenvalue weighted by molar-refractivity contribution is 0.132. The van der Waals surface area contributed by atoms with E-state index in [0.29, 0.717) is 41.9 Å². The van der Waals surface area contributed by atoms with Gasteiger partial charge >= 0.3 is 6.09 Å². The molecule has 1 unspecified atom stereocenters. The van der Waals surface area contributed by atoms with Gasteiger partial charge in [-0.3, -0.25) is 0 Å². The Morgan fingerprint density at radius 2 is 1.88 bits per heavy atom. The Kier molecular flexibility index (Phi) is 7.56. The fraction of sp³-hybridized carbons (Fsp3) is 0.355. The summed E-state index contributed by atoms with van der Waals surface area (Å²) in [5.74, 6) is 1.56. The van der Waals surface area contributed by atoms with E-state index in [1.807, 2.05) is 49.4 Å². The molecule has 3 atom stereocenters. The van der Waals surface area contributed by atoms with Crippen LogP contribution >= 0.6 is 0 Å². The van der Waals surface area contributed by atoms with Gasteiger partial charge in [0, 0.05) is 48.0 Å². The van der Waals surface area contributed by atoms with Gasteiger partial charge in [-0.1, -0.05) is 24.3 Å². The minimum absolute atomic E-state index is 0.0371. The predicted molar refractivity (Wildman–Crippen MR) is 158 cm³/mol. The number of ether oxygens (including phenoxy) is 1. The Morgan fingerprint density at radius 1 is 0.976 bits per heavy atom. The maximum absolute atomic E-state index is 11.4. The largest absolute Gasteiger partial charge is 0.465 e. The van der Waals surface area contributed by atoms with Crippen molar-refractivity contribution in [3.05, 3.63) is 66.5 Å². The smallest absolute Gasteiger partial charge is 0.407 e. The lowest BCUT2D eigenvalue weighted by Gasteiger charge is -2.31. The average molecular weight is 555 g/mol. The quantitative estimate of drug-likeness (QED) is 0.228. The molecule has 1 amide bonds. The van der Waals surface area contributed by atoms with Crippen LogP contribution in [0.4, 0.5) is 16.4 Å². The van der Waals surface area contributed by atoms with Gasteiger partial charge in [-0.2, -0.15) is 0 Å². The number of benzene rings is 2. The molecule has 212 valence electrons. The van der Waals surface area contributed by atoms with Gasteiger partial charge in [-0.25, -0.2) is 19.7 Å². The SMILES string of the molecule is Cc1ccc2c(N[C@@H]3CCC[C@H]3O)cccc2c1Oc1ncccc1-c1ccnc(NC2CCCN(C(=O)O)C2)n1. The van der Waals surface area contributed by atoms with Crippen molar-refractivity contribution in [1.29, 1.82) is 0 Å². The van der Waals surface area contributed by atoms with Crippen molar-refractivity contribution in [1.82, 2.24) is 19.9 Å². The Bertz CT molecular complexity index is 1560. The van der Waals surface area contributed by atoms with Crippen molar-refractivity contribution in [2.75, 3.05) is 23.7 Å². The number of hydrogen-bond acceptors (Lipinski definition) is 8. The highest BCUT2D eigenvalue weighted by atomic mass is 16.5. The number of nitrogens with zero attached hydrogens (tertiary/aromatic N) is 4. The molecule has 1 saturated heterocycles. The van der Waals surface area contributed by atoms with Gasteiger partial charge in [0.1, 0.15) is 5.75 Å². The van der Waals surface area contributed by atoms with Crippen molar-refractivity contribution in [3.8, 4) is 22.9 Å². The van der Waals surface area contributed by atoms with E-state index in [0.717, 1.165) is 54.1 Å². The van der Waals surface area contributed by atoms with Crippen molar-refractivity contribution in [2.45, 2.75) is 57.2 Å². The first kappa shape index (κ1) is 26.8. The van der Waals surface area contributed by atoms with Crippen molar-refractivity contribution < 1.29 is 19.7 Å². The van der Waals surface area contributed by atoms with Crippen LogP contribution in [0, 0.1) is 6.92 Å². The van der Waals surface area contributed by atoms with Crippen LogP contribution in [-0.2, 0) is 0 Å². The second kappa shape index (κ2) is 11.6. The van der Waals surface area contributed by atoms with E-state index in [1.54, 1.807) is 12.4 Å². The van der Waals surface area contributed by atoms with Gasteiger partial charge in [0.25, 0.3) is 0 Å². The first-order chi connectivity index (χ1) is 20.0. The fourth-order valence-corrected chi connectivity index (χ4v) is 5.80. The van der Waals surface area contributed by atoms with Crippen LogP contribution in [0.1, 0.15) is 37.7 Å². The number of pyridine rings is 1. The molecule has 0 radical (unpaired) electrons. The van der Waals surface area contributed by atoms with Gasteiger partial charge in [0.05, 0.1) is 23.4 Å². The molecule has 4 aromatic rings. The summed E-state index contributed by atoms with van der Waals surface area (Å²) in [5.41, 5.74) is 3.30. The molecule has 0 bridgehead atoms. The topological polar surface area (TPSA) is 133 Å². The first-order valence-electron chi connectivity index (χ1n) is 14.1. The molecule has 10 nitrogen and oxygen atoms in total. The molecule has 0 spiro atoms. The van der Waals surface area contributed by atoms with Crippen LogP contribution in [-0.4, -0.2) is 67.4 Å². The number of carbonyl (C=O) groups is 1. The van der Waals surface area contributed by atoms with Gasteiger partial charge < -0.3 is 30.5 Å². The highest BCUT2D eigenvalue weighted by Gasteiger charge is 2.26. The average Bonchev–Trinajstić information content (AvgIpc) is 3.39. The monoisotopic (exact) mass is 554 g/mol. The number of piperidine rings is 1. The zero-order valence-corrected chi connectivity index (χ0v) is 23.0. The second-order valence-corrected chi connectivity index (χ2v) is 10.8. The number of fused-ring (bicyclic) bond motifs is 1. The summed E-state index contributed by atoms with van der Waals surface area (Å²) in [6.45, 7) is 2.94. The molecule has 4 N–H and O–H groups in total. The summed E-state index contributed by atoms with van der Waals surface area (Å²) in [6, 6.07) is 15.7. The molecular formula is C31H34N6O4. The van der Waals surface area contributed by atoms with E-state index in [-0.39, 0.29) is 18.2 Å². The number of carboxylic acid groups (broad SMARTS) is 1. The molecule has 3 heterocycles. The van der Waals surface area contributed by atoms with Gasteiger partial charge in [-0.15, -0.1) is 0 Å². The molecule has 1 aliphatic carbocycles. The van der Waals surface area contributed by atoms with E-state index >= 15 is 0 Å². The number of aryl methyl sites for hydroxylation is 1. The van der Waals surface area contributed by atoms with Crippen LogP contribution in [0.15, 0.2) is 60.9 Å². The van der Waals surface area contributed by atoms with Gasteiger partial charge in [0.15, 0.2) is 0 Å². The number of likely N-dealkylation sites (tertiary alicyclic amines) is 1. The third-order valence-electron chi connectivity index (χ3n) is 7.96. The van der Waals surface area contributed by atoms with Crippen LogP contribution in [0.3, 0.4) is 0 Å². The molecule has 2 fully saturated rings. The summed E-state index contributed by atoms with van der Waals surface area (Å²) >= 11 is 0. The number of aromatic nitrogens is 3. The minimum Gasteiger partial charge on any atom is -0.465 e. The Hall–Kier alpha value is -4.44. The number of aliphatic hydroxyl groups excluding tert-OH is 1. The van der Waals surface area contributed by atoms with Crippen LogP contribution in [0.5, 0.6) is 11.6 Å². The standard InChI is InChI=1S/C31H34N6O4/c1-19-12-13-21-22(7-2-9-24(21)35-26-10-3-11-27(26)38)28(19)41-29-23(8-4-15-32-29)25-14-16-33-30(36-25)34-20-6-5-17-37(18-20)31(39)40/h2,4,7-9,12-16,20,26-27,35,38H,3,5-6,10-11,17-18H2,1H3,(H,39,40)(H,33,34,36)/t20?,26-,27-/m1/s1. The number of rotatable bonds is 7. The third kappa shape index (κ3) is 5.74. The predicted octanol–water partition coefficient (Wildman–Crippen LogP) is 5.67. The molecule has 2 aliphatic rings. The van der Waals surface area contributed by atoms with E-state index in [9.17, 15) is 15.0 Å². The number of hydrogen-bond donors (Lipinski definition) is 4. The Balaban J connectivity index is 1.28. The number of anilines is 2. The molecule has 2 aromatic carbocycles. The van der Waals surface area contributed by atoms with Crippen LogP contribution in [0.25, 0.3) is 22.0 Å². The molecular weight excluding hydrogens is 520 g/mol. The summed E-state index contributed by atoms with van der Waals surface area (Å²) in [4.78, 5) is 26.5. The fourth-order valence-electron chi connectivity index (χ4n) is 5.80. The lowest BCUT2D eigenvalue weighted by atomic mass is 10.0. The maximum atomic E-state index is 11.4. The number of nitrogens with one attached hydrogen (secondary N) is 2. The molecule has 1 aliphatic heterocycles. The molecule has 10 heteroatoms. The molecule has 6 rings (SSSR count). The molecule has 41 heavy (non-hydrogen) atoms. The maximum Gasteiger partial charge on any atom is 0.407 e. The number of aliphatic hydroxyl groups is 1. The van der Waals surface area contributed by atoms with Crippen LogP contribution < -0.4 is 15.4 Å². The van der Waals surface area contributed by atoms with Crippen LogP contribution in [0.2, 0.25) is 0 Å². The summed E-state index contributed by atoms with van der Waals surface area (Å²) in [7, 11) is 0. The zero-order chi connectivity index (χ0) is 28.3. The molecule has 1 saturated carbocycles. The lowest BCUT2D eigenvalue weighted by Crippen LogP contribution is -2.44. The summed E-state index contributed by atoms with van der Waals surface area (Å²) < 4.78 is 6.54. The Morgan fingerprint density at radius 3 is 2.71 bits per heavy atom. The zero-order valence-electron chi connectivity index (χ0n) is 23.0. The van der Waals surface area contributed by atoms with E-state index in [1.165, 1.54) is 4.90 Å². The van der Waals surface area contributed by atoms with Gasteiger partial charge in [-0.05, 0) is 68.9 Å². The number of amides is 1. The van der Waals surface area contributed by atoms with E-state index in [2.05, 4.69) is 26.7 Å². The Labute approximate surface area is 238 Å². The summed E-state index contributed by atoms with van der Waals surface area (Å²) in [5, 5.41) is 28.6. The normalized spacial score (nSPS) is 20.6. The van der Waals surface area contributed by atoms with E-state index in [4.69, 9.17) is 9.72 Å². The summed E-state index contributed by atoms with van der Waals surface area (Å²) in [6.07, 6.45) is 6.52. The van der Waals surface area contributed by atoms with E-state index < -0.39 is 6.09 Å². The van der Waals surface area contributed by atoms with Crippen molar-refractivity contribution >= 4 is 28.5 Å². The second-order valence-electron chi connectivity index (χ2n) is 10.8. The molecule has 2 aromatic heterocycles. The third-order valence-corrected chi connectivity index (χ3v) is 7.96.